The van der Waals surface area contributed by atoms with Crippen molar-refractivity contribution in [1.82, 2.24) is 30.7 Å². The number of nitrogens with zero attached hydrogens (tertiary/aromatic N) is 4. The average molecular weight is 624 g/mol. The number of ether oxygens (including phenoxy) is 1. The Bertz CT molecular complexity index is 1600. The van der Waals surface area contributed by atoms with Gasteiger partial charge >= 0.3 is 0 Å². The van der Waals surface area contributed by atoms with Gasteiger partial charge < -0.3 is 30.9 Å². The molecule has 0 unspecified atom stereocenters. The van der Waals surface area contributed by atoms with E-state index in [1.807, 2.05) is 5.32 Å². The molecule has 0 radical (unpaired) electrons. The first kappa shape index (κ1) is 27.4. The standard InChI is InChI=1S/C31H40N8O4S/c1-5-39(6-2)20-14-12-19(13-15-20)34-29(41)24-17-33-31(44-24)21-8-7-9-22(27(21)43-4)35-23-16-25(36-28(40)18-10-11-18)37-38-26(23)30(42)32-3/h7-9,16-20H,5-6,10-15H2,1-4H3,(H,32,42)(H,34,41)(H2,35,36,37,40)/i3D3. The number of carbonyl (C=O) groups excluding carboxylic acids is 3. The average Bonchev–Trinajstić information content (AvgIpc) is 3.78. The van der Waals surface area contributed by atoms with Crippen molar-refractivity contribution in [3.8, 4) is 16.3 Å². The second-order valence-electron chi connectivity index (χ2n) is 11.0. The van der Waals surface area contributed by atoms with E-state index in [1.54, 1.807) is 24.4 Å². The minimum Gasteiger partial charge on any atom is -0.494 e. The molecule has 4 N–H and O–H groups in total. The van der Waals surface area contributed by atoms with Crippen LogP contribution in [0.1, 0.15) is 76.6 Å². The number of methoxy groups -OCH3 is 1. The minimum atomic E-state index is -2.76. The molecule has 5 rings (SSSR count). The molecule has 2 aliphatic rings. The third-order valence-corrected chi connectivity index (χ3v) is 9.16. The zero-order valence-corrected chi connectivity index (χ0v) is 25.9. The molecule has 0 aliphatic heterocycles. The molecule has 2 aromatic heterocycles. The van der Waals surface area contributed by atoms with Gasteiger partial charge in [0.15, 0.2) is 17.3 Å². The molecule has 13 heteroatoms. The van der Waals surface area contributed by atoms with E-state index >= 15 is 0 Å². The molecule has 2 aliphatic carbocycles. The van der Waals surface area contributed by atoms with Gasteiger partial charge in [-0.1, -0.05) is 19.9 Å². The van der Waals surface area contributed by atoms with E-state index in [-0.39, 0.29) is 41.0 Å². The fraction of sp³-hybridized carbons (Fsp3) is 0.484. The number of hydrogen-bond donors (Lipinski definition) is 4. The molecular formula is C31H40N8O4S. The maximum absolute atomic E-state index is 13.2. The molecule has 0 saturated heterocycles. The van der Waals surface area contributed by atoms with Crippen molar-refractivity contribution < 1.29 is 23.2 Å². The van der Waals surface area contributed by atoms with Crippen LogP contribution in [-0.2, 0) is 4.79 Å². The van der Waals surface area contributed by atoms with Crippen LogP contribution in [0.3, 0.4) is 0 Å². The first-order valence-corrected chi connectivity index (χ1v) is 15.8. The van der Waals surface area contributed by atoms with Gasteiger partial charge in [0.25, 0.3) is 11.8 Å². The SMILES string of the molecule is [2H]C([2H])([2H])NC(=O)c1nnc(NC(=O)C2CC2)cc1Nc1cccc(-c2ncc(C(=O)NC3CCC(N(CC)CC)CC3)s2)c1OC. The summed E-state index contributed by atoms with van der Waals surface area (Å²) in [4.78, 5) is 45.9. The van der Waals surface area contributed by atoms with Crippen molar-refractivity contribution >= 4 is 46.3 Å². The Labute approximate surface area is 265 Å². The Morgan fingerprint density at radius 1 is 1.05 bits per heavy atom. The lowest BCUT2D eigenvalue weighted by Gasteiger charge is -2.36. The molecule has 2 heterocycles. The lowest BCUT2D eigenvalue weighted by atomic mass is 9.90. The summed E-state index contributed by atoms with van der Waals surface area (Å²) in [6, 6.07) is 7.34. The molecule has 1 aromatic carbocycles. The van der Waals surface area contributed by atoms with Crippen molar-refractivity contribution in [2.45, 2.75) is 64.5 Å². The highest BCUT2D eigenvalue weighted by Gasteiger charge is 2.30. The Morgan fingerprint density at radius 2 is 1.82 bits per heavy atom. The normalized spacial score (nSPS) is 19.3. The van der Waals surface area contributed by atoms with Crippen LogP contribution in [0.25, 0.3) is 10.6 Å². The van der Waals surface area contributed by atoms with E-state index in [0.717, 1.165) is 51.6 Å². The topological polar surface area (TPSA) is 150 Å². The third kappa shape index (κ3) is 7.16. The Balaban J connectivity index is 1.35. The number of amides is 3. The number of aromatic nitrogens is 3. The van der Waals surface area contributed by atoms with E-state index < -0.39 is 12.9 Å². The predicted molar refractivity (Wildman–Crippen MR) is 171 cm³/mol. The molecule has 0 bridgehead atoms. The molecule has 2 saturated carbocycles. The van der Waals surface area contributed by atoms with Crippen molar-refractivity contribution in [1.29, 1.82) is 0 Å². The Morgan fingerprint density at radius 3 is 2.50 bits per heavy atom. The smallest absolute Gasteiger partial charge is 0.273 e. The number of nitrogens with one attached hydrogen (secondary N) is 4. The maximum atomic E-state index is 13.2. The van der Waals surface area contributed by atoms with Gasteiger partial charge in [-0.2, -0.15) is 0 Å². The van der Waals surface area contributed by atoms with Gasteiger partial charge in [0.2, 0.25) is 5.91 Å². The number of carbonyl (C=O) groups is 3. The lowest BCUT2D eigenvalue weighted by molar-refractivity contribution is -0.117. The summed E-state index contributed by atoms with van der Waals surface area (Å²) < 4.78 is 28.1. The zero-order valence-electron chi connectivity index (χ0n) is 28.1. The van der Waals surface area contributed by atoms with Crippen molar-refractivity contribution in [2.75, 3.05) is 37.8 Å². The first-order valence-electron chi connectivity index (χ1n) is 16.5. The van der Waals surface area contributed by atoms with E-state index in [9.17, 15) is 14.4 Å². The fourth-order valence-corrected chi connectivity index (χ4v) is 6.44. The summed E-state index contributed by atoms with van der Waals surface area (Å²) in [6.07, 6.45) is 7.09. The Kier molecular flexibility index (Phi) is 8.81. The quantitative estimate of drug-likeness (QED) is 0.230. The molecule has 2 fully saturated rings. The molecule has 234 valence electrons. The van der Waals surface area contributed by atoms with Gasteiger partial charge in [-0.05, 0) is 63.7 Å². The van der Waals surface area contributed by atoms with Crippen LogP contribution >= 0.6 is 11.3 Å². The predicted octanol–water partition coefficient (Wildman–Crippen LogP) is 4.44. The summed E-state index contributed by atoms with van der Waals surface area (Å²) in [6.45, 7) is 3.67. The largest absolute Gasteiger partial charge is 0.494 e. The van der Waals surface area contributed by atoms with Crippen LogP contribution in [0, 0.1) is 5.92 Å². The van der Waals surface area contributed by atoms with Crippen molar-refractivity contribution in [3.63, 3.8) is 0 Å². The van der Waals surface area contributed by atoms with Crippen LogP contribution in [0.5, 0.6) is 5.75 Å². The van der Waals surface area contributed by atoms with Crippen molar-refractivity contribution in [2.24, 2.45) is 5.92 Å². The molecule has 0 spiro atoms. The van der Waals surface area contributed by atoms with E-state index in [2.05, 4.69) is 49.9 Å². The number of rotatable bonds is 12. The van der Waals surface area contributed by atoms with E-state index in [0.29, 0.717) is 32.9 Å². The third-order valence-electron chi connectivity index (χ3n) is 8.13. The molecule has 0 atom stereocenters. The molecule has 12 nitrogen and oxygen atoms in total. The van der Waals surface area contributed by atoms with Gasteiger partial charge in [0.1, 0.15) is 9.88 Å². The number of hydrogen-bond acceptors (Lipinski definition) is 10. The number of para-hydroxylation sites is 1. The summed E-state index contributed by atoms with van der Waals surface area (Å²) in [5, 5.41) is 19.3. The van der Waals surface area contributed by atoms with Crippen molar-refractivity contribution in [3.05, 3.63) is 41.0 Å². The van der Waals surface area contributed by atoms with Crippen LogP contribution in [0.15, 0.2) is 30.5 Å². The van der Waals surface area contributed by atoms with E-state index in [4.69, 9.17) is 8.85 Å². The van der Waals surface area contributed by atoms with Gasteiger partial charge in [0.05, 0.1) is 30.2 Å². The highest BCUT2D eigenvalue weighted by atomic mass is 32.1. The molecule has 3 amide bonds. The van der Waals surface area contributed by atoms with Crippen LogP contribution in [0.2, 0.25) is 0 Å². The number of thiazole rings is 1. The minimum absolute atomic E-state index is 0.0956. The fourth-order valence-electron chi connectivity index (χ4n) is 5.60. The van der Waals surface area contributed by atoms with Gasteiger partial charge in [-0.3, -0.25) is 14.4 Å². The van der Waals surface area contributed by atoms with Gasteiger partial charge in [-0.25, -0.2) is 4.98 Å². The highest BCUT2D eigenvalue weighted by Crippen LogP contribution is 2.40. The molecule has 44 heavy (non-hydrogen) atoms. The number of benzene rings is 1. The summed E-state index contributed by atoms with van der Waals surface area (Å²) in [5.41, 5.74) is 0.807. The summed E-state index contributed by atoms with van der Waals surface area (Å²) in [7, 11) is 1.48. The second-order valence-corrected chi connectivity index (χ2v) is 12.0. The summed E-state index contributed by atoms with van der Waals surface area (Å²) >= 11 is 1.24. The first-order chi connectivity index (χ1) is 22.5. The molecular weight excluding hydrogens is 580 g/mol. The summed E-state index contributed by atoms with van der Waals surface area (Å²) in [5.74, 6) is -0.982. The van der Waals surface area contributed by atoms with Gasteiger partial charge in [0, 0.05) is 35.2 Å². The van der Waals surface area contributed by atoms with Gasteiger partial charge in [-0.15, -0.1) is 21.5 Å². The lowest BCUT2D eigenvalue weighted by Crippen LogP contribution is -2.43. The van der Waals surface area contributed by atoms with Crippen LogP contribution in [0.4, 0.5) is 17.2 Å². The van der Waals surface area contributed by atoms with E-state index in [1.165, 1.54) is 24.5 Å². The zero-order chi connectivity index (χ0) is 33.7. The Hall–Kier alpha value is -4.10. The number of anilines is 3. The molecule has 3 aromatic rings. The van der Waals surface area contributed by atoms with Crippen LogP contribution < -0.4 is 26.0 Å². The maximum Gasteiger partial charge on any atom is 0.273 e. The van der Waals surface area contributed by atoms with Crippen LogP contribution in [-0.4, -0.2) is 77.1 Å². The second kappa shape index (κ2) is 14.1. The monoisotopic (exact) mass is 623 g/mol. The highest BCUT2D eigenvalue weighted by molar-refractivity contribution is 7.17.